The first kappa shape index (κ1) is 18.9. The van der Waals surface area contributed by atoms with Gasteiger partial charge in [-0.2, -0.15) is 0 Å². The Morgan fingerprint density at radius 1 is 0.897 bits per heavy atom. The summed E-state index contributed by atoms with van der Waals surface area (Å²) >= 11 is 0. The number of amides is 1. The summed E-state index contributed by atoms with van der Waals surface area (Å²) in [5.41, 5.74) is 4.75. The second kappa shape index (κ2) is 8.31. The highest BCUT2D eigenvalue weighted by Gasteiger charge is 2.20. The SMILES string of the molecule is Cc1cccc(NC(=O)c2ccnc(N3CCN(c4cccc(C)c4)CC3)n2)c1. The fourth-order valence-corrected chi connectivity index (χ4v) is 3.53. The van der Waals surface area contributed by atoms with Crippen molar-refractivity contribution in [1.82, 2.24) is 9.97 Å². The molecular weight excluding hydrogens is 362 g/mol. The summed E-state index contributed by atoms with van der Waals surface area (Å²) in [6, 6.07) is 17.9. The molecule has 1 saturated heterocycles. The van der Waals surface area contributed by atoms with E-state index < -0.39 is 0 Å². The van der Waals surface area contributed by atoms with Crippen LogP contribution >= 0.6 is 0 Å². The lowest BCUT2D eigenvalue weighted by Gasteiger charge is -2.36. The zero-order valence-electron chi connectivity index (χ0n) is 16.8. The number of rotatable bonds is 4. The van der Waals surface area contributed by atoms with Crippen molar-refractivity contribution >= 4 is 23.2 Å². The third kappa shape index (κ3) is 4.54. The van der Waals surface area contributed by atoms with Crippen molar-refractivity contribution in [3.63, 3.8) is 0 Å². The number of carbonyl (C=O) groups is 1. The van der Waals surface area contributed by atoms with Crippen LogP contribution in [0.3, 0.4) is 0 Å². The zero-order valence-corrected chi connectivity index (χ0v) is 16.8. The Morgan fingerprint density at radius 2 is 1.59 bits per heavy atom. The number of nitrogens with zero attached hydrogens (tertiary/aromatic N) is 4. The van der Waals surface area contributed by atoms with Crippen molar-refractivity contribution < 1.29 is 4.79 Å². The van der Waals surface area contributed by atoms with Gasteiger partial charge in [-0.15, -0.1) is 0 Å². The Kier molecular flexibility index (Phi) is 5.42. The third-order valence-electron chi connectivity index (χ3n) is 5.08. The smallest absolute Gasteiger partial charge is 0.274 e. The van der Waals surface area contributed by atoms with Gasteiger partial charge in [-0.1, -0.05) is 24.3 Å². The highest BCUT2D eigenvalue weighted by atomic mass is 16.1. The van der Waals surface area contributed by atoms with E-state index in [0.29, 0.717) is 11.6 Å². The molecule has 0 bridgehead atoms. The van der Waals surface area contributed by atoms with Crippen LogP contribution in [0.4, 0.5) is 17.3 Å². The highest BCUT2D eigenvalue weighted by molar-refractivity contribution is 6.03. The normalized spacial score (nSPS) is 14.0. The molecule has 1 fully saturated rings. The van der Waals surface area contributed by atoms with Gasteiger partial charge in [0.2, 0.25) is 5.95 Å². The van der Waals surface area contributed by atoms with E-state index in [1.807, 2.05) is 31.2 Å². The first-order valence-electron chi connectivity index (χ1n) is 9.86. The van der Waals surface area contributed by atoms with E-state index in [-0.39, 0.29) is 5.91 Å². The number of benzene rings is 2. The van der Waals surface area contributed by atoms with Gasteiger partial charge in [0.25, 0.3) is 5.91 Å². The summed E-state index contributed by atoms with van der Waals surface area (Å²) in [5, 5.41) is 2.91. The number of anilines is 3. The van der Waals surface area contributed by atoms with Gasteiger partial charge in [-0.05, 0) is 55.3 Å². The number of carbonyl (C=O) groups excluding carboxylic acids is 1. The van der Waals surface area contributed by atoms with Crippen molar-refractivity contribution in [2.24, 2.45) is 0 Å². The largest absolute Gasteiger partial charge is 0.368 e. The van der Waals surface area contributed by atoms with Crippen LogP contribution in [0, 0.1) is 13.8 Å². The van der Waals surface area contributed by atoms with Crippen LogP contribution < -0.4 is 15.1 Å². The number of hydrogen-bond donors (Lipinski definition) is 1. The zero-order chi connectivity index (χ0) is 20.2. The molecule has 29 heavy (non-hydrogen) atoms. The highest BCUT2D eigenvalue weighted by Crippen LogP contribution is 2.20. The number of nitrogens with one attached hydrogen (secondary N) is 1. The van der Waals surface area contributed by atoms with Gasteiger partial charge < -0.3 is 15.1 Å². The topological polar surface area (TPSA) is 61.4 Å². The molecule has 6 nitrogen and oxygen atoms in total. The average molecular weight is 387 g/mol. The van der Waals surface area contributed by atoms with Crippen molar-refractivity contribution in [3.8, 4) is 0 Å². The van der Waals surface area contributed by atoms with E-state index in [4.69, 9.17) is 0 Å². The minimum absolute atomic E-state index is 0.224. The third-order valence-corrected chi connectivity index (χ3v) is 5.08. The molecule has 0 radical (unpaired) electrons. The lowest BCUT2D eigenvalue weighted by atomic mass is 10.2. The fourth-order valence-electron chi connectivity index (χ4n) is 3.53. The molecule has 0 atom stereocenters. The van der Waals surface area contributed by atoms with Crippen molar-refractivity contribution in [1.29, 1.82) is 0 Å². The monoisotopic (exact) mass is 387 g/mol. The van der Waals surface area contributed by atoms with Crippen molar-refractivity contribution in [2.75, 3.05) is 41.3 Å². The average Bonchev–Trinajstić information content (AvgIpc) is 2.74. The van der Waals surface area contributed by atoms with Crippen LogP contribution in [-0.4, -0.2) is 42.1 Å². The maximum Gasteiger partial charge on any atom is 0.274 e. The molecule has 1 amide bonds. The molecule has 6 heteroatoms. The van der Waals surface area contributed by atoms with Crippen LogP contribution in [-0.2, 0) is 0 Å². The first-order valence-corrected chi connectivity index (χ1v) is 9.86. The second-order valence-corrected chi connectivity index (χ2v) is 7.38. The Labute approximate surface area is 171 Å². The van der Waals surface area contributed by atoms with Crippen LogP contribution in [0.25, 0.3) is 0 Å². The Morgan fingerprint density at radius 3 is 2.31 bits per heavy atom. The molecule has 0 saturated carbocycles. The second-order valence-electron chi connectivity index (χ2n) is 7.38. The summed E-state index contributed by atoms with van der Waals surface area (Å²) in [6.45, 7) is 7.53. The molecule has 3 aromatic rings. The molecule has 4 rings (SSSR count). The molecule has 148 valence electrons. The predicted octanol–water partition coefficient (Wildman–Crippen LogP) is 3.67. The molecule has 0 spiro atoms. The Bertz CT molecular complexity index is 1010. The maximum absolute atomic E-state index is 12.6. The lowest BCUT2D eigenvalue weighted by molar-refractivity contribution is 0.102. The van der Waals surface area contributed by atoms with Gasteiger partial charge in [-0.25, -0.2) is 9.97 Å². The number of aromatic nitrogens is 2. The molecule has 1 aliphatic heterocycles. The van der Waals surface area contributed by atoms with E-state index in [0.717, 1.165) is 37.4 Å². The molecule has 1 aromatic heterocycles. The van der Waals surface area contributed by atoms with E-state index in [2.05, 4.69) is 56.3 Å². The van der Waals surface area contributed by atoms with Crippen molar-refractivity contribution in [2.45, 2.75) is 13.8 Å². The summed E-state index contributed by atoms with van der Waals surface area (Å²) in [6.07, 6.45) is 1.65. The van der Waals surface area contributed by atoms with Crippen LogP contribution in [0.1, 0.15) is 21.6 Å². The minimum Gasteiger partial charge on any atom is -0.368 e. The van der Waals surface area contributed by atoms with Crippen LogP contribution in [0.15, 0.2) is 60.8 Å². The van der Waals surface area contributed by atoms with Gasteiger partial charge in [0.15, 0.2) is 0 Å². The Hall–Kier alpha value is -3.41. The summed E-state index contributed by atoms with van der Waals surface area (Å²) in [5.74, 6) is 0.378. The minimum atomic E-state index is -0.224. The molecule has 2 heterocycles. The van der Waals surface area contributed by atoms with Crippen LogP contribution in [0.2, 0.25) is 0 Å². The van der Waals surface area contributed by atoms with Crippen molar-refractivity contribution in [3.05, 3.63) is 77.6 Å². The molecule has 1 N–H and O–H groups in total. The van der Waals surface area contributed by atoms with E-state index in [9.17, 15) is 4.79 Å². The van der Waals surface area contributed by atoms with E-state index in [1.165, 1.54) is 11.3 Å². The van der Waals surface area contributed by atoms with Gasteiger partial charge >= 0.3 is 0 Å². The standard InChI is InChI=1S/C23H25N5O/c1-17-5-3-7-19(15-17)25-22(29)21-9-10-24-23(26-21)28-13-11-27(12-14-28)20-8-4-6-18(2)16-20/h3-10,15-16H,11-14H2,1-2H3,(H,25,29). The lowest BCUT2D eigenvalue weighted by Crippen LogP contribution is -2.47. The van der Waals surface area contributed by atoms with Gasteiger partial charge in [-0.3, -0.25) is 4.79 Å². The summed E-state index contributed by atoms with van der Waals surface area (Å²) in [4.78, 5) is 26.0. The number of piperazine rings is 1. The van der Waals surface area contributed by atoms with Gasteiger partial charge in [0.05, 0.1) is 0 Å². The van der Waals surface area contributed by atoms with Gasteiger partial charge in [0, 0.05) is 43.8 Å². The molecule has 0 unspecified atom stereocenters. The van der Waals surface area contributed by atoms with Crippen LogP contribution in [0.5, 0.6) is 0 Å². The predicted molar refractivity (Wildman–Crippen MR) is 117 cm³/mol. The fraction of sp³-hybridized carbons (Fsp3) is 0.261. The molecule has 1 aliphatic rings. The molecule has 2 aromatic carbocycles. The maximum atomic E-state index is 12.6. The van der Waals surface area contributed by atoms with Gasteiger partial charge in [0.1, 0.15) is 5.69 Å². The number of hydrogen-bond acceptors (Lipinski definition) is 5. The Balaban J connectivity index is 1.42. The molecule has 0 aliphatic carbocycles. The van der Waals surface area contributed by atoms with E-state index >= 15 is 0 Å². The summed E-state index contributed by atoms with van der Waals surface area (Å²) < 4.78 is 0. The first-order chi connectivity index (χ1) is 14.1. The molecular formula is C23H25N5O. The van der Waals surface area contributed by atoms with E-state index in [1.54, 1.807) is 12.3 Å². The number of aryl methyl sites for hydroxylation is 2. The quantitative estimate of drug-likeness (QED) is 0.740. The summed E-state index contributed by atoms with van der Waals surface area (Å²) in [7, 11) is 0.